The number of nitrogens with zero attached hydrogens (tertiary/aromatic N) is 2. The summed E-state index contributed by atoms with van der Waals surface area (Å²) in [7, 11) is 3.82. The molecule has 0 aliphatic carbocycles. The van der Waals surface area contributed by atoms with Crippen LogP contribution < -0.4 is 10.6 Å². The monoisotopic (exact) mass is 277 g/mol. The first-order valence-corrected chi connectivity index (χ1v) is 6.94. The van der Waals surface area contributed by atoms with Crippen LogP contribution in [-0.4, -0.2) is 49.2 Å². The number of rotatable bonds is 2. The number of carbonyl (C=O) groups excluding carboxylic acids is 1. The van der Waals surface area contributed by atoms with Gasteiger partial charge in [0.2, 0.25) is 0 Å². The quantitative estimate of drug-likeness (QED) is 0.796. The third-order valence-electron chi connectivity index (χ3n) is 3.96. The second kappa shape index (κ2) is 5.71. The van der Waals surface area contributed by atoms with Crippen LogP contribution in [0.1, 0.15) is 23.7 Å². The van der Waals surface area contributed by atoms with Crippen LogP contribution >= 0.6 is 0 Å². The first-order chi connectivity index (χ1) is 9.40. The van der Waals surface area contributed by atoms with Gasteiger partial charge in [-0.15, -0.1) is 0 Å². The Morgan fingerprint density at radius 1 is 1.45 bits per heavy atom. The van der Waals surface area contributed by atoms with Gasteiger partial charge in [-0.3, -0.25) is 4.79 Å². The molecule has 0 spiro atoms. The molecule has 5 heteroatoms. The Hall–Kier alpha value is -1.75. The molecule has 1 aromatic rings. The van der Waals surface area contributed by atoms with Crippen molar-refractivity contribution in [2.24, 2.45) is 5.92 Å². The smallest absolute Gasteiger partial charge is 0.254 e. The highest BCUT2D eigenvalue weighted by Gasteiger charge is 2.28. The van der Waals surface area contributed by atoms with Crippen LogP contribution in [0.15, 0.2) is 18.2 Å². The molecule has 2 unspecified atom stereocenters. The molecule has 0 saturated carbocycles. The fourth-order valence-electron chi connectivity index (χ4n) is 2.51. The summed E-state index contributed by atoms with van der Waals surface area (Å²) in [5.41, 5.74) is 8.04. The summed E-state index contributed by atoms with van der Waals surface area (Å²) in [5, 5.41) is 9.89. The van der Waals surface area contributed by atoms with Gasteiger partial charge in [0.25, 0.3) is 5.91 Å². The van der Waals surface area contributed by atoms with Crippen LogP contribution in [0.25, 0.3) is 0 Å². The highest BCUT2D eigenvalue weighted by Crippen LogP contribution is 2.24. The fraction of sp³-hybridized carbons (Fsp3) is 0.533. The number of hydrogen-bond donors (Lipinski definition) is 2. The molecule has 5 nitrogen and oxygen atoms in total. The van der Waals surface area contributed by atoms with E-state index in [1.165, 1.54) is 0 Å². The lowest BCUT2D eigenvalue weighted by atomic mass is 9.95. The lowest BCUT2D eigenvalue weighted by molar-refractivity contribution is 0.0249. The molecule has 20 heavy (non-hydrogen) atoms. The predicted octanol–water partition coefficient (Wildman–Crippen LogP) is 1.18. The highest BCUT2D eigenvalue weighted by molar-refractivity contribution is 5.96. The summed E-state index contributed by atoms with van der Waals surface area (Å²) >= 11 is 0. The Bertz CT molecular complexity index is 502. The van der Waals surface area contributed by atoms with Gasteiger partial charge in [0.05, 0.1) is 17.5 Å². The van der Waals surface area contributed by atoms with Gasteiger partial charge < -0.3 is 20.6 Å². The molecule has 0 bridgehead atoms. The second-order valence-corrected chi connectivity index (χ2v) is 5.75. The molecule has 3 N–H and O–H groups in total. The third-order valence-corrected chi connectivity index (χ3v) is 3.96. The zero-order chi connectivity index (χ0) is 14.9. The minimum absolute atomic E-state index is 0.0621. The Morgan fingerprint density at radius 2 is 2.15 bits per heavy atom. The number of hydrogen-bond acceptors (Lipinski definition) is 4. The van der Waals surface area contributed by atoms with Gasteiger partial charge in [0, 0.05) is 32.7 Å². The summed E-state index contributed by atoms with van der Waals surface area (Å²) in [6.45, 7) is 3.10. The number of anilines is 2. The van der Waals surface area contributed by atoms with E-state index >= 15 is 0 Å². The van der Waals surface area contributed by atoms with Crippen LogP contribution in [0.3, 0.4) is 0 Å². The number of β-amino-alcohol motifs (C(OH)–C–C–N with tert-alkyl or cyclic N) is 1. The molecule has 1 aromatic carbocycles. The molecule has 1 heterocycles. The normalized spacial score (nSPS) is 22.7. The lowest BCUT2D eigenvalue weighted by Crippen LogP contribution is -2.45. The summed E-state index contributed by atoms with van der Waals surface area (Å²) in [4.78, 5) is 16.0. The Kier molecular flexibility index (Phi) is 4.18. The van der Waals surface area contributed by atoms with Gasteiger partial charge in [-0.2, -0.15) is 0 Å². The van der Waals surface area contributed by atoms with Crippen molar-refractivity contribution in [3.8, 4) is 0 Å². The minimum atomic E-state index is -0.439. The van der Waals surface area contributed by atoms with E-state index in [4.69, 9.17) is 5.73 Å². The largest absolute Gasteiger partial charge is 0.397 e. The zero-order valence-electron chi connectivity index (χ0n) is 12.3. The molecule has 1 aliphatic rings. The van der Waals surface area contributed by atoms with Crippen LogP contribution in [0.2, 0.25) is 0 Å². The maximum absolute atomic E-state index is 12.4. The van der Waals surface area contributed by atoms with Crippen molar-refractivity contribution in [2.75, 3.05) is 37.8 Å². The molecular weight excluding hydrogens is 254 g/mol. The molecule has 1 saturated heterocycles. The minimum Gasteiger partial charge on any atom is -0.397 e. The van der Waals surface area contributed by atoms with Gasteiger partial charge in [0.15, 0.2) is 0 Å². The molecule has 1 amide bonds. The van der Waals surface area contributed by atoms with Gasteiger partial charge in [-0.1, -0.05) is 6.92 Å². The lowest BCUT2D eigenvalue weighted by Gasteiger charge is -2.34. The maximum Gasteiger partial charge on any atom is 0.254 e. The number of aliphatic hydroxyl groups excluding tert-OH is 1. The maximum atomic E-state index is 12.4. The number of amides is 1. The summed E-state index contributed by atoms with van der Waals surface area (Å²) in [5.74, 6) is 0.188. The van der Waals surface area contributed by atoms with Crippen molar-refractivity contribution in [3.63, 3.8) is 0 Å². The van der Waals surface area contributed by atoms with Gasteiger partial charge in [-0.05, 0) is 30.5 Å². The van der Waals surface area contributed by atoms with Crippen molar-refractivity contribution in [1.82, 2.24) is 4.90 Å². The van der Waals surface area contributed by atoms with Crippen LogP contribution in [0.5, 0.6) is 0 Å². The Labute approximate surface area is 120 Å². The Morgan fingerprint density at radius 3 is 2.70 bits per heavy atom. The molecule has 0 radical (unpaired) electrons. The molecule has 110 valence electrons. The molecular formula is C15H23N3O2. The van der Waals surface area contributed by atoms with E-state index in [9.17, 15) is 9.90 Å². The van der Waals surface area contributed by atoms with E-state index in [2.05, 4.69) is 0 Å². The summed E-state index contributed by atoms with van der Waals surface area (Å²) in [6.07, 6.45) is 0.393. The SMILES string of the molecule is CC1CCN(C(=O)c2ccc(N(C)C)c(N)c2)CC1O. The van der Waals surface area contributed by atoms with Crippen LogP contribution in [0.4, 0.5) is 11.4 Å². The van der Waals surface area contributed by atoms with E-state index in [0.717, 1.165) is 12.1 Å². The fourth-order valence-corrected chi connectivity index (χ4v) is 2.51. The average Bonchev–Trinajstić information content (AvgIpc) is 2.40. The standard InChI is InChI=1S/C15H23N3O2/c1-10-6-7-18(9-14(10)19)15(20)11-4-5-13(17(2)3)12(16)8-11/h4-5,8,10,14,19H,6-7,9,16H2,1-3H3. The Balaban J connectivity index is 2.15. The number of nitrogen functional groups attached to an aromatic ring is 1. The van der Waals surface area contributed by atoms with Crippen molar-refractivity contribution < 1.29 is 9.90 Å². The van der Waals surface area contributed by atoms with E-state index in [0.29, 0.717) is 24.3 Å². The third kappa shape index (κ3) is 2.88. The number of benzene rings is 1. The number of nitrogens with two attached hydrogens (primary N) is 1. The molecule has 1 fully saturated rings. The highest BCUT2D eigenvalue weighted by atomic mass is 16.3. The first kappa shape index (κ1) is 14.7. The molecule has 2 atom stereocenters. The van der Waals surface area contributed by atoms with Crippen molar-refractivity contribution >= 4 is 17.3 Å². The number of likely N-dealkylation sites (tertiary alicyclic amines) is 1. The number of carbonyl (C=O) groups is 1. The molecule has 2 rings (SSSR count). The van der Waals surface area contributed by atoms with Crippen molar-refractivity contribution in [2.45, 2.75) is 19.4 Å². The van der Waals surface area contributed by atoms with E-state index in [1.54, 1.807) is 17.0 Å². The van der Waals surface area contributed by atoms with Crippen molar-refractivity contribution in [1.29, 1.82) is 0 Å². The number of aliphatic hydroxyl groups is 1. The topological polar surface area (TPSA) is 69.8 Å². The van der Waals surface area contributed by atoms with Crippen LogP contribution in [-0.2, 0) is 0 Å². The first-order valence-electron chi connectivity index (χ1n) is 6.94. The predicted molar refractivity (Wildman–Crippen MR) is 80.9 cm³/mol. The number of piperidine rings is 1. The van der Waals surface area contributed by atoms with E-state index in [1.807, 2.05) is 32.0 Å². The van der Waals surface area contributed by atoms with E-state index in [-0.39, 0.29) is 11.8 Å². The van der Waals surface area contributed by atoms with Gasteiger partial charge in [-0.25, -0.2) is 0 Å². The van der Waals surface area contributed by atoms with Gasteiger partial charge >= 0.3 is 0 Å². The van der Waals surface area contributed by atoms with Crippen LogP contribution in [0, 0.1) is 5.92 Å². The van der Waals surface area contributed by atoms with Gasteiger partial charge in [0.1, 0.15) is 0 Å². The van der Waals surface area contributed by atoms with E-state index < -0.39 is 6.10 Å². The molecule has 0 aromatic heterocycles. The summed E-state index contributed by atoms with van der Waals surface area (Å²) < 4.78 is 0. The summed E-state index contributed by atoms with van der Waals surface area (Å²) in [6, 6.07) is 5.35. The zero-order valence-corrected chi connectivity index (χ0v) is 12.3. The average molecular weight is 277 g/mol. The molecule has 1 aliphatic heterocycles. The van der Waals surface area contributed by atoms with Crippen molar-refractivity contribution in [3.05, 3.63) is 23.8 Å². The second-order valence-electron chi connectivity index (χ2n) is 5.75.